The van der Waals surface area contributed by atoms with Crippen molar-refractivity contribution in [2.24, 2.45) is 16.6 Å². The first-order valence-electron chi connectivity index (χ1n) is 6.76. The van der Waals surface area contributed by atoms with Gasteiger partial charge >= 0.3 is 0 Å². The van der Waals surface area contributed by atoms with E-state index in [0.29, 0.717) is 24.5 Å². The van der Waals surface area contributed by atoms with Crippen LogP contribution in [-0.2, 0) is 21.1 Å². The highest BCUT2D eigenvalue weighted by Crippen LogP contribution is 2.43. The van der Waals surface area contributed by atoms with Gasteiger partial charge in [0.15, 0.2) is 0 Å². The maximum atomic E-state index is 14.3. The molecule has 0 radical (unpaired) electrons. The molecular formula is C17H30FN3O2S. The summed E-state index contributed by atoms with van der Waals surface area (Å²) in [7, 11) is -1.16. The van der Waals surface area contributed by atoms with Crippen molar-refractivity contribution >= 4 is 22.3 Å². The second kappa shape index (κ2) is 8.07. The first kappa shape index (κ1) is 22.5. The third-order valence-electron chi connectivity index (χ3n) is 4.29. The fourth-order valence-corrected chi connectivity index (χ4v) is 4.70. The van der Waals surface area contributed by atoms with Gasteiger partial charge in [-0.05, 0) is 25.1 Å². The van der Waals surface area contributed by atoms with Gasteiger partial charge in [0.2, 0.25) is 0 Å². The van der Waals surface area contributed by atoms with Gasteiger partial charge < -0.3 is 16.2 Å². The van der Waals surface area contributed by atoms with Crippen LogP contribution < -0.4 is 11.5 Å². The standard InChI is InChI=1S/C14H18FN3O2S.3CH4/c1-14(9-4-8(16)2-3-11(9)15)10-5-20-6-12(10)21(19)7-13(17)18-14;;;/h2-4,10,12H,5-7,16H2,1H3,(H2,17,18);3*1H4/t10?,12?,14-,21?;;;/m1.../s1. The summed E-state index contributed by atoms with van der Waals surface area (Å²) in [6.07, 6.45) is 0. The van der Waals surface area contributed by atoms with E-state index in [1.165, 1.54) is 12.1 Å². The zero-order chi connectivity index (χ0) is 15.2. The second-order valence-corrected chi connectivity index (χ2v) is 7.35. The number of nitrogens with zero attached hydrogens (tertiary/aromatic N) is 1. The van der Waals surface area contributed by atoms with Gasteiger partial charge in [0, 0.05) is 28.0 Å². The minimum atomic E-state index is -1.16. The molecule has 2 heterocycles. The number of nitrogens with two attached hydrogens (primary N) is 2. The van der Waals surface area contributed by atoms with Gasteiger partial charge in [-0.1, -0.05) is 22.3 Å². The number of anilines is 1. The van der Waals surface area contributed by atoms with Gasteiger partial charge in [-0.25, -0.2) is 4.39 Å². The molecular weight excluding hydrogens is 329 g/mol. The highest BCUT2D eigenvalue weighted by molar-refractivity contribution is 7.86. The Bertz CT molecular complexity index is 638. The number of nitrogen functional groups attached to an aromatic ring is 1. The van der Waals surface area contributed by atoms with Crippen LogP contribution in [0.3, 0.4) is 0 Å². The molecule has 1 saturated heterocycles. The van der Waals surface area contributed by atoms with Crippen molar-refractivity contribution in [3.05, 3.63) is 29.6 Å². The topological polar surface area (TPSA) is 90.7 Å². The van der Waals surface area contributed by atoms with Crippen LogP contribution in [-0.4, -0.2) is 34.3 Å². The lowest BCUT2D eigenvalue weighted by atomic mass is 9.79. The Morgan fingerprint density at radius 3 is 2.62 bits per heavy atom. The van der Waals surface area contributed by atoms with E-state index in [0.717, 1.165) is 0 Å². The van der Waals surface area contributed by atoms with E-state index in [1.807, 2.05) is 6.92 Å². The molecule has 5 nitrogen and oxygen atoms in total. The predicted molar refractivity (Wildman–Crippen MR) is 101 cm³/mol. The quantitative estimate of drug-likeness (QED) is 0.754. The van der Waals surface area contributed by atoms with Crippen LogP contribution >= 0.6 is 0 Å². The molecule has 24 heavy (non-hydrogen) atoms. The Labute approximate surface area is 147 Å². The Morgan fingerprint density at radius 1 is 1.29 bits per heavy atom. The highest BCUT2D eigenvalue weighted by Gasteiger charge is 2.49. The Hall–Kier alpha value is -1.47. The molecule has 0 aliphatic carbocycles. The van der Waals surface area contributed by atoms with Crippen molar-refractivity contribution in [1.82, 2.24) is 0 Å². The lowest BCUT2D eigenvalue weighted by Crippen LogP contribution is -2.39. The van der Waals surface area contributed by atoms with E-state index in [2.05, 4.69) is 4.99 Å². The number of aliphatic imine (C=N–C) groups is 1. The maximum absolute atomic E-state index is 14.3. The number of hydrogen-bond donors (Lipinski definition) is 2. The van der Waals surface area contributed by atoms with Crippen LogP contribution in [0.15, 0.2) is 23.2 Å². The molecule has 1 fully saturated rings. The number of benzene rings is 1. The molecule has 7 heteroatoms. The van der Waals surface area contributed by atoms with E-state index in [4.69, 9.17) is 16.2 Å². The molecule has 4 atom stereocenters. The summed E-state index contributed by atoms with van der Waals surface area (Å²) < 4.78 is 32.1. The van der Waals surface area contributed by atoms with E-state index < -0.39 is 16.3 Å². The zero-order valence-electron chi connectivity index (χ0n) is 11.7. The van der Waals surface area contributed by atoms with Crippen molar-refractivity contribution in [3.8, 4) is 0 Å². The Morgan fingerprint density at radius 2 is 1.96 bits per heavy atom. The highest BCUT2D eigenvalue weighted by atomic mass is 32.2. The normalized spacial score (nSPS) is 31.4. The van der Waals surface area contributed by atoms with E-state index in [1.54, 1.807) is 6.07 Å². The number of amidine groups is 1. The number of fused-ring (bicyclic) bond motifs is 1. The second-order valence-electron chi connectivity index (χ2n) is 5.70. The zero-order valence-corrected chi connectivity index (χ0v) is 12.5. The molecule has 0 saturated carbocycles. The van der Waals surface area contributed by atoms with Gasteiger partial charge in [0.05, 0.1) is 29.8 Å². The number of hydrogen-bond acceptors (Lipinski definition) is 5. The molecule has 2 aliphatic rings. The van der Waals surface area contributed by atoms with Crippen LogP contribution in [0, 0.1) is 11.7 Å². The smallest absolute Gasteiger partial charge is 0.128 e. The third-order valence-corrected chi connectivity index (χ3v) is 6.01. The number of halogens is 1. The van der Waals surface area contributed by atoms with Gasteiger partial charge in [0.1, 0.15) is 11.7 Å². The van der Waals surface area contributed by atoms with Crippen molar-refractivity contribution in [2.45, 2.75) is 40.0 Å². The van der Waals surface area contributed by atoms with Crippen molar-refractivity contribution in [2.75, 3.05) is 24.7 Å². The minimum Gasteiger partial charge on any atom is -0.399 e. The predicted octanol–water partition coefficient (Wildman–Crippen LogP) is 2.67. The summed E-state index contributed by atoms with van der Waals surface area (Å²) in [6.45, 7) is 2.59. The molecule has 3 rings (SSSR count). The van der Waals surface area contributed by atoms with Gasteiger partial charge in [-0.2, -0.15) is 0 Å². The van der Waals surface area contributed by atoms with Crippen LogP contribution in [0.5, 0.6) is 0 Å². The number of rotatable bonds is 1. The molecule has 138 valence electrons. The monoisotopic (exact) mass is 359 g/mol. The molecule has 0 bridgehead atoms. The van der Waals surface area contributed by atoms with Crippen LogP contribution in [0.1, 0.15) is 34.8 Å². The van der Waals surface area contributed by atoms with Crippen molar-refractivity contribution in [1.29, 1.82) is 0 Å². The maximum Gasteiger partial charge on any atom is 0.128 e. The first-order valence-corrected chi connectivity index (χ1v) is 8.14. The average molecular weight is 360 g/mol. The summed E-state index contributed by atoms with van der Waals surface area (Å²) in [5.74, 6) is -0.0892. The SMILES string of the molecule is C.C.C.C[C@]1(c2cc(N)ccc2F)N=C(N)CS(=O)C2COCC21. The number of ether oxygens (including phenoxy) is 1. The minimum absolute atomic E-state index is 0. The molecule has 3 unspecified atom stereocenters. The summed E-state index contributed by atoms with van der Waals surface area (Å²) in [4.78, 5) is 4.50. The first-order chi connectivity index (χ1) is 9.91. The third kappa shape index (κ3) is 3.62. The molecule has 1 aromatic rings. The van der Waals surface area contributed by atoms with E-state index in [9.17, 15) is 8.60 Å². The molecule has 4 N–H and O–H groups in total. The van der Waals surface area contributed by atoms with E-state index >= 15 is 0 Å². The molecule has 2 aliphatic heterocycles. The van der Waals surface area contributed by atoms with Crippen LogP contribution in [0.25, 0.3) is 0 Å². The summed E-state index contributed by atoms with van der Waals surface area (Å²) >= 11 is 0. The Balaban J connectivity index is 0.00000176. The largest absolute Gasteiger partial charge is 0.399 e. The van der Waals surface area contributed by atoms with Crippen LogP contribution in [0.4, 0.5) is 10.1 Å². The summed E-state index contributed by atoms with van der Waals surface area (Å²) in [5, 5.41) is -0.194. The van der Waals surface area contributed by atoms with Crippen molar-refractivity contribution in [3.63, 3.8) is 0 Å². The fourth-order valence-electron chi connectivity index (χ4n) is 3.18. The lowest BCUT2D eigenvalue weighted by Gasteiger charge is -2.33. The van der Waals surface area contributed by atoms with Gasteiger partial charge in [-0.3, -0.25) is 9.20 Å². The van der Waals surface area contributed by atoms with Gasteiger partial charge in [0.25, 0.3) is 0 Å². The molecule has 0 amide bonds. The molecule has 0 spiro atoms. The summed E-state index contributed by atoms with van der Waals surface area (Å²) in [5.41, 5.74) is 11.6. The summed E-state index contributed by atoms with van der Waals surface area (Å²) in [6, 6.07) is 4.41. The van der Waals surface area contributed by atoms with E-state index in [-0.39, 0.29) is 50.9 Å². The Kier molecular flexibility index (Phi) is 7.58. The fraction of sp³-hybridized carbons (Fsp3) is 0.588. The van der Waals surface area contributed by atoms with Crippen molar-refractivity contribution < 1.29 is 13.3 Å². The average Bonchev–Trinajstić information content (AvgIpc) is 2.88. The molecule has 1 aromatic carbocycles. The van der Waals surface area contributed by atoms with Gasteiger partial charge in [-0.15, -0.1) is 0 Å². The van der Waals surface area contributed by atoms with Crippen LogP contribution in [0.2, 0.25) is 0 Å². The molecule has 0 aromatic heterocycles. The lowest BCUT2D eigenvalue weighted by molar-refractivity contribution is 0.166.